The molecule has 2 heterocycles. The first-order valence-electron chi connectivity index (χ1n) is 7.20. The van der Waals surface area contributed by atoms with E-state index in [4.69, 9.17) is 14.6 Å². The van der Waals surface area contributed by atoms with Crippen LogP contribution in [-0.4, -0.2) is 35.4 Å². The fourth-order valence-corrected chi connectivity index (χ4v) is 2.39. The molecule has 22 heavy (non-hydrogen) atoms. The number of hydrogen-bond donors (Lipinski definition) is 1. The maximum atomic E-state index is 10.8. The van der Waals surface area contributed by atoms with Gasteiger partial charge in [-0.15, -0.1) is 0 Å². The van der Waals surface area contributed by atoms with Crippen LogP contribution in [0.25, 0.3) is 11.1 Å². The van der Waals surface area contributed by atoms with Gasteiger partial charge in [-0.2, -0.15) is 0 Å². The number of carboxylic acids is 1. The molecular formula is C17H17NO4. The van der Waals surface area contributed by atoms with Crippen LogP contribution in [0, 0.1) is 0 Å². The standard InChI is InChI=1S/C17H17NO4/c19-17(20)16-5-4-14(9-18-16)13-3-1-2-12(8-13)10-22-15-6-7-21-11-15/h1-5,8-9,15H,6-7,10-11H2,(H,19,20). The predicted octanol–water partition coefficient (Wildman–Crippen LogP) is 2.75. The van der Waals surface area contributed by atoms with E-state index >= 15 is 0 Å². The summed E-state index contributed by atoms with van der Waals surface area (Å²) in [5, 5.41) is 8.87. The van der Waals surface area contributed by atoms with Gasteiger partial charge in [0, 0.05) is 18.4 Å². The number of aromatic nitrogens is 1. The summed E-state index contributed by atoms with van der Waals surface area (Å²) in [7, 11) is 0. The van der Waals surface area contributed by atoms with E-state index in [0.717, 1.165) is 29.7 Å². The van der Waals surface area contributed by atoms with Crippen molar-refractivity contribution in [2.75, 3.05) is 13.2 Å². The van der Waals surface area contributed by atoms with Crippen molar-refractivity contribution in [2.45, 2.75) is 19.1 Å². The van der Waals surface area contributed by atoms with Crippen LogP contribution in [0.3, 0.4) is 0 Å². The molecule has 0 aliphatic carbocycles. The molecule has 0 amide bonds. The molecule has 1 unspecified atom stereocenters. The van der Waals surface area contributed by atoms with Crippen molar-refractivity contribution < 1.29 is 19.4 Å². The molecular weight excluding hydrogens is 282 g/mol. The van der Waals surface area contributed by atoms with Gasteiger partial charge in [0.1, 0.15) is 5.69 Å². The number of hydrogen-bond acceptors (Lipinski definition) is 4. The van der Waals surface area contributed by atoms with Crippen molar-refractivity contribution in [2.24, 2.45) is 0 Å². The van der Waals surface area contributed by atoms with Crippen molar-refractivity contribution >= 4 is 5.97 Å². The lowest BCUT2D eigenvalue weighted by Crippen LogP contribution is -2.11. The number of aromatic carboxylic acids is 1. The van der Waals surface area contributed by atoms with E-state index in [-0.39, 0.29) is 11.8 Å². The zero-order valence-corrected chi connectivity index (χ0v) is 12.1. The van der Waals surface area contributed by atoms with Gasteiger partial charge in [0.05, 0.1) is 19.3 Å². The predicted molar refractivity (Wildman–Crippen MR) is 80.6 cm³/mol. The monoisotopic (exact) mass is 299 g/mol. The van der Waals surface area contributed by atoms with E-state index in [1.165, 1.54) is 6.07 Å². The minimum absolute atomic E-state index is 0.0458. The third-order valence-electron chi connectivity index (χ3n) is 3.62. The summed E-state index contributed by atoms with van der Waals surface area (Å²) in [4.78, 5) is 14.8. The molecule has 1 saturated heterocycles. The van der Waals surface area contributed by atoms with Crippen LogP contribution in [0.15, 0.2) is 42.6 Å². The maximum Gasteiger partial charge on any atom is 0.354 e. The molecule has 3 rings (SSSR count). The molecule has 2 aromatic rings. The quantitative estimate of drug-likeness (QED) is 0.919. The molecule has 0 spiro atoms. The second-order valence-electron chi connectivity index (χ2n) is 5.23. The number of ether oxygens (including phenoxy) is 2. The van der Waals surface area contributed by atoms with Crippen LogP contribution in [0.4, 0.5) is 0 Å². The Morgan fingerprint density at radius 1 is 1.32 bits per heavy atom. The summed E-state index contributed by atoms with van der Waals surface area (Å²) in [6.45, 7) is 1.98. The number of pyridine rings is 1. The van der Waals surface area contributed by atoms with Gasteiger partial charge in [-0.25, -0.2) is 9.78 Å². The normalized spacial score (nSPS) is 17.5. The summed E-state index contributed by atoms with van der Waals surface area (Å²) in [6.07, 6.45) is 2.70. The Morgan fingerprint density at radius 3 is 2.91 bits per heavy atom. The third kappa shape index (κ3) is 3.50. The number of rotatable bonds is 5. The van der Waals surface area contributed by atoms with Crippen LogP contribution < -0.4 is 0 Å². The summed E-state index contributed by atoms with van der Waals surface area (Å²) in [5.74, 6) is -1.02. The van der Waals surface area contributed by atoms with Crippen LogP contribution in [0.1, 0.15) is 22.5 Å². The van der Waals surface area contributed by atoms with Gasteiger partial charge < -0.3 is 14.6 Å². The molecule has 5 nitrogen and oxygen atoms in total. The molecule has 1 atom stereocenters. The molecule has 1 aromatic carbocycles. The van der Waals surface area contributed by atoms with Gasteiger partial charge >= 0.3 is 5.97 Å². The molecule has 114 valence electrons. The Hall–Kier alpha value is -2.24. The van der Waals surface area contributed by atoms with Crippen molar-refractivity contribution in [3.63, 3.8) is 0 Å². The third-order valence-corrected chi connectivity index (χ3v) is 3.62. The van der Waals surface area contributed by atoms with E-state index in [2.05, 4.69) is 4.98 Å². The van der Waals surface area contributed by atoms with E-state index < -0.39 is 5.97 Å². The maximum absolute atomic E-state index is 10.8. The Morgan fingerprint density at radius 2 is 2.23 bits per heavy atom. The number of benzene rings is 1. The molecule has 1 aliphatic heterocycles. The van der Waals surface area contributed by atoms with Crippen molar-refractivity contribution in [3.8, 4) is 11.1 Å². The lowest BCUT2D eigenvalue weighted by molar-refractivity contribution is 0.0318. The first-order chi connectivity index (χ1) is 10.7. The number of carboxylic acid groups (broad SMARTS) is 1. The molecule has 1 aromatic heterocycles. The highest BCUT2D eigenvalue weighted by Crippen LogP contribution is 2.21. The molecule has 1 N–H and O–H groups in total. The highest BCUT2D eigenvalue weighted by Gasteiger charge is 2.15. The Kier molecular flexibility index (Phi) is 4.46. The van der Waals surface area contributed by atoms with Gasteiger partial charge in [0.15, 0.2) is 0 Å². The van der Waals surface area contributed by atoms with Crippen LogP contribution >= 0.6 is 0 Å². The van der Waals surface area contributed by atoms with E-state index in [9.17, 15) is 4.79 Å². The van der Waals surface area contributed by atoms with E-state index in [0.29, 0.717) is 13.2 Å². The summed E-state index contributed by atoms with van der Waals surface area (Å²) >= 11 is 0. The van der Waals surface area contributed by atoms with Gasteiger partial charge in [-0.3, -0.25) is 0 Å². The van der Waals surface area contributed by atoms with Crippen molar-refractivity contribution in [1.29, 1.82) is 0 Å². The SMILES string of the molecule is O=C(O)c1ccc(-c2cccc(COC3CCOC3)c2)cn1. The number of carbonyl (C=O) groups is 1. The second kappa shape index (κ2) is 6.68. The minimum atomic E-state index is -1.02. The molecule has 0 bridgehead atoms. The smallest absolute Gasteiger partial charge is 0.354 e. The average Bonchev–Trinajstić information content (AvgIpc) is 3.07. The van der Waals surface area contributed by atoms with E-state index in [1.807, 2.05) is 24.3 Å². The molecule has 0 saturated carbocycles. The first-order valence-corrected chi connectivity index (χ1v) is 7.20. The Balaban J connectivity index is 1.71. The zero-order valence-electron chi connectivity index (χ0n) is 12.1. The molecule has 1 fully saturated rings. The van der Waals surface area contributed by atoms with Crippen LogP contribution in [0.5, 0.6) is 0 Å². The summed E-state index contributed by atoms with van der Waals surface area (Å²) in [5.41, 5.74) is 3.00. The van der Waals surface area contributed by atoms with Gasteiger partial charge in [0.2, 0.25) is 0 Å². The van der Waals surface area contributed by atoms with Crippen LogP contribution in [0.2, 0.25) is 0 Å². The van der Waals surface area contributed by atoms with Crippen molar-refractivity contribution in [3.05, 3.63) is 53.9 Å². The largest absolute Gasteiger partial charge is 0.477 e. The molecule has 5 heteroatoms. The highest BCUT2D eigenvalue weighted by atomic mass is 16.5. The molecule has 0 radical (unpaired) electrons. The average molecular weight is 299 g/mol. The van der Waals surface area contributed by atoms with E-state index in [1.54, 1.807) is 12.3 Å². The van der Waals surface area contributed by atoms with Gasteiger partial charge in [0.25, 0.3) is 0 Å². The second-order valence-corrected chi connectivity index (χ2v) is 5.23. The lowest BCUT2D eigenvalue weighted by Gasteiger charge is -2.10. The first kappa shape index (κ1) is 14.7. The fraction of sp³-hybridized carbons (Fsp3) is 0.294. The summed E-state index contributed by atoms with van der Waals surface area (Å²) < 4.78 is 11.1. The number of nitrogens with zero attached hydrogens (tertiary/aromatic N) is 1. The fourth-order valence-electron chi connectivity index (χ4n) is 2.39. The highest BCUT2D eigenvalue weighted by molar-refractivity contribution is 5.85. The molecule has 1 aliphatic rings. The Bertz CT molecular complexity index is 648. The van der Waals surface area contributed by atoms with Crippen molar-refractivity contribution in [1.82, 2.24) is 4.98 Å². The van der Waals surface area contributed by atoms with Gasteiger partial charge in [-0.05, 0) is 29.7 Å². The zero-order chi connectivity index (χ0) is 15.4. The van der Waals surface area contributed by atoms with Crippen LogP contribution in [-0.2, 0) is 16.1 Å². The topological polar surface area (TPSA) is 68.7 Å². The Labute approximate surface area is 128 Å². The minimum Gasteiger partial charge on any atom is -0.477 e. The van der Waals surface area contributed by atoms with Gasteiger partial charge in [-0.1, -0.05) is 24.3 Å². The lowest BCUT2D eigenvalue weighted by atomic mass is 10.0. The summed E-state index contributed by atoms with van der Waals surface area (Å²) in [6, 6.07) is 11.3.